The minimum absolute atomic E-state index is 0.00399. The summed E-state index contributed by atoms with van der Waals surface area (Å²) < 4.78 is 44.0. The van der Waals surface area contributed by atoms with Gasteiger partial charge >= 0.3 is 0 Å². The quantitative estimate of drug-likeness (QED) is 0.770. The molecule has 0 spiro atoms. The van der Waals surface area contributed by atoms with Crippen molar-refractivity contribution < 1.29 is 18.0 Å². The summed E-state index contributed by atoms with van der Waals surface area (Å²) >= 11 is 0. The first kappa shape index (κ1) is 16.5. The first-order valence-electron chi connectivity index (χ1n) is 8.14. The molecule has 4 nitrogen and oxygen atoms in total. The fourth-order valence-corrected chi connectivity index (χ4v) is 3.57. The van der Waals surface area contributed by atoms with Gasteiger partial charge in [-0.3, -0.25) is 4.79 Å². The summed E-state index contributed by atoms with van der Waals surface area (Å²) in [6.45, 7) is 1.64. The number of hydrogen-bond donors (Lipinski definition) is 1. The van der Waals surface area contributed by atoms with Crippen molar-refractivity contribution in [2.75, 3.05) is 0 Å². The molecule has 0 aliphatic heterocycles. The molecule has 2 N–H and O–H groups in total. The van der Waals surface area contributed by atoms with Crippen LogP contribution in [0, 0.1) is 24.6 Å². The third kappa shape index (κ3) is 2.34. The second kappa shape index (κ2) is 5.79. The van der Waals surface area contributed by atoms with Crippen molar-refractivity contribution in [2.45, 2.75) is 25.7 Å². The molecular formula is C19H14F3N3O. The highest BCUT2D eigenvalue weighted by Crippen LogP contribution is 2.49. The van der Waals surface area contributed by atoms with E-state index in [9.17, 15) is 13.6 Å². The van der Waals surface area contributed by atoms with Gasteiger partial charge in [0, 0.05) is 16.5 Å². The number of amides is 1. The van der Waals surface area contributed by atoms with E-state index < -0.39 is 29.0 Å². The molecule has 1 heterocycles. The molecule has 0 bridgehead atoms. The van der Waals surface area contributed by atoms with Crippen LogP contribution in [0.1, 0.15) is 40.2 Å². The third-order valence-electron chi connectivity index (χ3n) is 4.82. The summed E-state index contributed by atoms with van der Waals surface area (Å²) in [5, 5.41) is 5.55. The summed E-state index contributed by atoms with van der Waals surface area (Å²) in [7, 11) is 0. The van der Waals surface area contributed by atoms with Crippen LogP contribution < -0.4 is 5.73 Å². The number of carbonyl (C=O) groups excluding carboxylic acids is 1. The Labute approximate surface area is 146 Å². The monoisotopic (exact) mass is 357 g/mol. The highest BCUT2D eigenvalue weighted by atomic mass is 19.1. The molecule has 0 atom stereocenters. The predicted molar refractivity (Wildman–Crippen MR) is 90.1 cm³/mol. The first-order chi connectivity index (χ1) is 12.4. The Balaban J connectivity index is 2.19. The first-order valence-corrected chi connectivity index (χ1v) is 8.14. The van der Waals surface area contributed by atoms with Crippen LogP contribution in [-0.2, 0) is 0 Å². The van der Waals surface area contributed by atoms with Crippen LogP contribution in [-0.4, -0.2) is 16.1 Å². The Bertz CT molecular complexity index is 1080. The number of primary amides is 1. The Kier molecular flexibility index (Phi) is 3.68. The van der Waals surface area contributed by atoms with Crippen molar-refractivity contribution in [3.8, 4) is 11.1 Å². The van der Waals surface area contributed by atoms with E-state index in [2.05, 4.69) is 10.2 Å². The van der Waals surface area contributed by atoms with Gasteiger partial charge in [0.25, 0.3) is 0 Å². The summed E-state index contributed by atoms with van der Waals surface area (Å²) in [4.78, 5) is 11.8. The predicted octanol–water partition coefficient (Wildman–Crippen LogP) is 4.00. The van der Waals surface area contributed by atoms with E-state index in [0.717, 1.165) is 12.8 Å². The largest absolute Gasteiger partial charge is 0.366 e. The van der Waals surface area contributed by atoms with Crippen LogP contribution in [0.15, 0.2) is 24.3 Å². The fraction of sp³-hybridized carbons (Fsp3) is 0.211. The smallest absolute Gasteiger partial charge is 0.249 e. The molecule has 4 rings (SSSR count). The van der Waals surface area contributed by atoms with Gasteiger partial charge in [-0.05, 0) is 48.4 Å². The number of benzene rings is 2. The van der Waals surface area contributed by atoms with E-state index in [4.69, 9.17) is 5.73 Å². The molecule has 7 heteroatoms. The number of aromatic nitrogens is 2. The lowest BCUT2D eigenvalue weighted by Gasteiger charge is -2.18. The zero-order valence-electron chi connectivity index (χ0n) is 13.8. The normalized spacial score (nSPS) is 14.0. The summed E-state index contributed by atoms with van der Waals surface area (Å²) in [6, 6.07) is 6.24. The van der Waals surface area contributed by atoms with Crippen molar-refractivity contribution >= 4 is 16.7 Å². The van der Waals surface area contributed by atoms with Crippen molar-refractivity contribution in [3.05, 3.63) is 58.7 Å². The molecular weight excluding hydrogens is 343 g/mol. The van der Waals surface area contributed by atoms with Gasteiger partial charge in [0.15, 0.2) is 0 Å². The lowest BCUT2D eigenvalue weighted by atomic mass is 9.87. The van der Waals surface area contributed by atoms with Crippen LogP contribution in [0.5, 0.6) is 0 Å². The van der Waals surface area contributed by atoms with Crippen molar-refractivity contribution in [2.24, 2.45) is 5.73 Å². The van der Waals surface area contributed by atoms with Crippen LogP contribution >= 0.6 is 0 Å². The van der Waals surface area contributed by atoms with Gasteiger partial charge in [-0.25, -0.2) is 4.39 Å². The highest BCUT2D eigenvalue weighted by molar-refractivity contribution is 6.02. The molecule has 1 amide bonds. The summed E-state index contributed by atoms with van der Waals surface area (Å²) in [5.41, 5.74) is 6.78. The zero-order valence-corrected chi connectivity index (χ0v) is 13.8. The van der Waals surface area contributed by atoms with Crippen LogP contribution in [0.25, 0.3) is 21.9 Å². The third-order valence-corrected chi connectivity index (χ3v) is 4.82. The van der Waals surface area contributed by atoms with Crippen LogP contribution in [0.3, 0.4) is 0 Å². The number of nitrogens with zero attached hydrogens (tertiary/aromatic N) is 2. The van der Waals surface area contributed by atoms with E-state index >= 15 is 4.39 Å². The molecule has 132 valence electrons. The van der Waals surface area contributed by atoms with Gasteiger partial charge in [0.05, 0.1) is 5.39 Å². The molecule has 1 aliphatic carbocycles. The number of rotatable bonds is 3. The summed E-state index contributed by atoms with van der Waals surface area (Å²) in [5.74, 6) is -3.89. The Morgan fingerprint density at radius 3 is 2.31 bits per heavy atom. The summed E-state index contributed by atoms with van der Waals surface area (Å²) in [6.07, 6.45) is 1.59. The molecule has 0 saturated heterocycles. The van der Waals surface area contributed by atoms with Crippen LogP contribution in [0.4, 0.5) is 13.2 Å². The Morgan fingerprint density at radius 2 is 1.69 bits per heavy atom. The van der Waals surface area contributed by atoms with Crippen molar-refractivity contribution in [1.82, 2.24) is 10.2 Å². The van der Waals surface area contributed by atoms with Gasteiger partial charge in [0.2, 0.25) is 17.8 Å². The maximum absolute atomic E-state index is 15.3. The number of carbonyl (C=O) groups is 1. The molecule has 0 unspecified atom stereocenters. The minimum atomic E-state index is -1.18. The molecule has 0 radical (unpaired) electrons. The minimum Gasteiger partial charge on any atom is -0.366 e. The average molecular weight is 357 g/mol. The number of nitrogens with two attached hydrogens (primary N) is 1. The van der Waals surface area contributed by atoms with Crippen molar-refractivity contribution in [3.63, 3.8) is 0 Å². The maximum Gasteiger partial charge on any atom is 0.249 e. The second-order valence-electron chi connectivity index (χ2n) is 6.44. The van der Waals surface area contributed by atoms with E-state index in [1.165, 1.54) is 12.1 Å². The van der Waals surface area contributed by atoms with E-state index in [1.54, 1.807) is 19.1 Å². The van der Waals surface area contributed by atoms with Crippen LogP contribution in [0.2, 0.25) is 0 Å². The lowest BCUT2D eigenvalue weighted by molar-refractivity contribution is 0.100. The zero-order chi connectivity index (χ0) is 18.6. The Hall–Kier alpha value is -2.96. The fourth-order valence-electron chi connectivity index (χ4n) is 3.57. The van der Waals surface area contributed by atoms with Gasteiger partial charge in [-0.2, -0.15) is 8.78 Å². The lowest BCUT2D eigenvalue weighted by Crippen LogP contribution is -2.13. The molecule has 1 aromatic heterocycles. The van der Waals surface area contributed by atoms with E-state index in [0.29, 0.717) is 11.1 Å². The van der Waals surface area contributed by atoms with Crippen molar-refractivity contribution in [1.29, 1.82) is 0 Å². The van der Waals surface area contributed by atoms with Gasteiger partial charge in [-0.15, -0.1) is 10.2 Å². The van der Waals surface area contributed by atoms with Gasteiger partial charge in [0.1, 0.15) is 5.82 Å². The topological polar surface area (TPSA) is 68.9 Å². The van der Waals surface area contributed by atoms with E-state index in [-0.39, 0.29) is 28.0 Å². The molecule has 26 heavy (non-hydrogen) atoms. The number of halogens is 3. The average Bonchev–Trinajstić information content (AvgIpc) is 3.43. The molecule has 2 aromatic carbocycles. The van der Waals surface area contributed by atoms with Gasteiger partial charge < -0.3 is 5.73 Å². The molecule has 1 fully saturated rings. The Morgan fingerprint density at radius 1 is 1.08 bits per heavy atom. The van der Waals surface area contributed by atoms with E-state index in [1.807, 2.05) is 0 Å². The standard InChI is InChI=1S/C19H14F3N3O/c1-8-12(9-6-7-9)14-15(18(22)25-24-17(14)21)16(20)13(8)10-4-2-3-5-11(10)19(23)26/h2-5,9H,6-7H2,1H3,(H2,23,26). The number of hydrogen-bond acceptors (Lipinski definition) is 3. The molecule has 3 aromatic rings. The SMILES string of the molecule is Cc1c(-c2ccccc2C(N)=O)c(F)c2c(F)nnc(F)c2c1C1CC1. The van der Waals surface area contributed by atoms with Gasteiger partial charge in [-0.1, -0.05) is 18.2 Å². The molecule has 1 aliphatic rings. The maximum atomic E-state index is 15.3. The second-order valence-corrected chi connectivity index (χ2v) is 6.44. The highest BCUT2D eigenvalue weighted by Gasteiger charge is 2.33. The molecule has 1 saturated carbocycles. The number of fused-ring (bicyclic) bond motifs is 1.